The Bertz CT molecular complexity index is 542. The molecule has 2 N–H and O–H groups in total. The molecule has 10 heteroatoms. The Hall–Kier alpha value is -1.06. The van der Waals surface area contributed by atoms with E-state index in [0.29, 0.717) is 16.0 Å². The minimum atomic E-state index is -4.69. The molecule has 20 heavy (non-hydrogen) atoms. The van der Waals surface area contributed by atoms with Crippen molar-refractivity contribution in [2.45, 2.75) is 17.3 Å². The van der Waals surface area contributed by atoms with E-state index in [0.717, 1.165) is 17.5 Å². The first-order valence-electron chi connectivity index (χ1n) is 5.18. The molecule has 1 aromatic rings. The highest BCUT2D eigenvalue weighted by atomic mass is 35.5. The molecule has 0 unspecified atom stereocenters. The number of anilines is 1. The van der Waals surface area contributed by atoms with Gasteiger partial charge in [0.15, 0.2) is 5.13 Å². The smallest absolute Gasteiger partial charge is 0.338 e. The van der Waals surface area contributed by atoms with E-state index < -0.39 is 17.1 Å². The summed E-state index contributed by atoms with van der Waals surface area (Å²) in [5, 5.41) is 8.73. The number of allylic oxidation sites excluding steroid dienone is 1. The number of aromatic nitrogens is 1. The summed E-state index contributed by atoms with van der Waals surface area (Å²) in [6, 6.07) is 0. The number of carbonyl (C=O) groups is 1. The number of rotatable bonds is 6. The van der Waals surface area contributed by atoms with Crippen LogP contribution in [0.3, 0.4) is 0 Å². The normalized spacial score (nSPS) is 11.8. The van der Waals surface area contributed by atoms with Crippen LogP contribution >= 0.6 is 34.7 Å². The van der Waals surface area contributed by atoms with Crippen LogP contribution in [0.15, 0.2) is 16.5 Å². The molecule has 0 saturated heterocycles. The van der Waals surface area contributed by atoms with Crippen LogP contribution in [0.2, 0.25) is 0 Å². The SMILES string of the molecule is CCSc1sc(N/C=C\C(=N)C(F)(F)F)nc1C(=O)Cl. The lowest BCUT2D eigenvalue weighted by Gasteiger charge is -2.02. The van der Waals surface area contributed by atoms with Crippen molar-refractivity contribution in [3.8, 4) is 0 Å². The topological polar surface area (TPSA) is 65.8 Å². The molecule has 0 aromatic carbocycles. The molecule has 0 amide bonds. The Morgan fingerprint density at radius 1 is 1.60 bits per heavy atom. The van der Waals surface area contributed by atoms with Crippen LogP contribution in [0.5, 0.6) is 0 Å². The first-order valence-corrected chi connectivity index (χ1v) is 7.36. The molecule has 1 heterocycles. The number of halogens is 4. The van der Waals surface area contributed by atoms with Gasteiger partial charge in [0.05, 0.1) is 4.21 Å². The third-order valence-electron chi connectivity index (χ3n) is 1.82. The average molecular weight is 344 g/mol. The lowest BCUT2D eigenvalue weighted by molar-refractivity contribution is -0.0584. The highest BCUT2D eigenvalue weighted by Crippen LogP contribution is 2.33. The minimum Gasteiger partial charge on any atom is -0.338 e. The summed E-state index contributed by atoms with van der Waals surface area (Å²) < 4.78 is 36.8. The van der Waals surface area contributed by atoms with E-state index in [-0.39, 0.29) is 10.8 Å². The minimum absolute atomic E-state index is 0.0744. The van der Waals surface area contributed by atoms with Gasteiger partial charge in [0.25, 0.3) is 5.24 Å². The molecule has 1 rings (SSSR count). The Labute approximate surface area is 125 Å². The number of hydrogen-bond acceptors (Lipinski definition) is 6. The lowest BCUT2D eigenvalue weighted by atomic mass is 10.3. The van der Waals surface area contributed by atoms with Crippen LogP contribution < -0.4 is 5.32 Å². The van der Waals surface area contributed by atoms with Crippen LogP contribution in [0.25, 0.3) is 0 Å². The fourth-order valence-corrected chi connectivity index (χ4v) is 3.30. The maximum absolute atomic E-state index is 12.1. The Morgan fingerprint density at radius 3 is 2.75 bits per heavy atom. The summed E-state index contributed by atoms with van der Waals surface area (Å²) >= 11 is 7.83. The summed E-state index contributed by atoms with van der Waals surface area (Å²) in [6.07, 6.45) is -3.19. The molecule has 0 aliphatic rings. The van der Waals surface area contributed by atoms with Crippen molar-refractivity contribution in [1.29, 1.82) is 5.41 Å². The third-order valence-corrected chi connectivity index (χ3v) is 4.13. The van der Waals surface area contributed by atoms with Crippen molar-refractivity contribution >= 4 is 50.8 Å². The van der Waals surface area contributed by atoms with Gasteiger partial charge in [-0.05, 0) is 23.4 Å². The zero-order valence-electron chi connectivity index (χ0n) is 10.0. The van der Waals surface area contributed by atoms with Gasteiger partial charge in [0, 0.05) is 6.20 Å². The van der Waals surface area contributed by atoms with Gasteiger partial charge in [-0.3, -0.25) is 10.2 Å². The number of thioether (sulfide) groups is 1. The fourth-order valence-electron chi connectivity index (χ4n) is 1.01. The van der Waals surface area contributed by atoms with Gasteiger partial charge in [-0.2, -0.15) is 13.2 Å². The fraction of sp³-hybridized carbons (Fsp3) is 0.300. The zero-order valence-corrected chi connectivity index (χ0v) is 12.4. The predicted octanol–water partition coefficient (Wildman–Crippen LogP) is 4.14. The van der Waals surface area contributed by atoms with Crippen LogP contribution in [0.4, 0.5) is 18.3 Å². The van der Waals surface area contributed by atoms with Crippen LogP contribution in [0.1, 0.15) is 17.4 Å². The summed E-state index contributed by atoms with van der Waals surface area (Å²) in [5.41, 5.74) is -1.41. The highest BCUT2D eigenvalue weighted by Gasteiger charge is 2.32. The molecule has 1 aromatic heterocycles. The molecule has 0 aliphatic heterocycles. The van der Waals surface area contributed by atoms with E-state index in [9.17, 15) is 18.0 Å². The molecule has 0 spiro atoms. The number of carbonyl (C=O) groups excluding carboxylic acids is 1. The monoisotopic (exact) mass is 343 g/mol. The van der Waals surface area contributed by atoms with Gasteiger partial charge in [-0.1, -0.05) is 18.3 Å². The van der Waals surface area contributed by atoms with Gasteiger partial charge in [-0.25, -0.2) is 4.98 Å². The van der Waals surface area contributed by atoms with Crippen molar-refractivity contribution in [1.82, 2.24) is 4.98 Å². The second kappa shape index (κ2) is 7.09. The summed E-state index contributed by atoms with van der Waals surface area (Å²) in [4.78, 5) is 15.0. The first kappa shape index (κ1) is 17.0. The largest absolute Gasteiger partial charge is 0.432 e. The van der Waals surface area contributed by atoms with E-state index in [1.165, 1.54) is 11.8 Å². The molecule has 0 radical (unpaired) electrons. The molecule has 0 fully saturated rings. The van der Waals surface area contributed by atoms with E-state index in [1.807, 2.05) is 6.92 Å². The van der Waals surface area contributed by atoms with Gasteiger partial charge in [-0.15, -0.1) is 11.8 Å². The summed E-state index contributed by atoms with van der Waals surface area (Å²) in [7, 11) is 0. The molecule has 0 saturated carbocycles. The van der Waals surface area contributed by atoms with Crippen molar-refractivity contribution in [2.75, 3.05) is 11.1 Å². The molecule has 0 bridgehead atoms. The molecule has 0 atom stereocenters. The van der Waals surface area contributed by atoms with E-state index in [1.54, 1.807) is 0 Å². The molecule has 0 aliphatic carbocycles. The van der Waals surface area contributed by atoms with E-state index in [2.05, 4.69) is 10.3 Å². The van der Waals surface area contributed by atoms with Crippen molar-refractivity contribution < 1.29 is 18.0 Å². The van der Waals surface area contributed by atoms with Gasteiger partial charge >= 0.3 is 6.18 Å². The first-order chi connectivity index (χ1) is 9.25. The van der Waals surface area contributed by atoms with Crippen LogP contribution in [0, 0.1) is 5.41 Å². The Balaban J connectivity index is 2.79. The molecule has 110 valence electrons. The maximum Gasteiger partial charge on any atom is 0.432 e. The Morgan fingerprint density at radius 2 is 2.25 bits per heavy atom. The average Bonchev–Trinajstić information content (AvgIpc) is 2.71. The maximum atomic E-state index is 12.1. The zero-order chi connectivity index (χ0) is 15.3. The van der Waals surface area contributed by atoms with Crippen molar-refractivity contribution in [3.63, 3.8) is 0 Å². The molecular weight excluding hydrogens is 335 g/mol. The third kappa shape index (κ3) is 4.80. The predicted molar refractivity (Wildman–Crippen MR) is 75.2 cm³/mol. The van der Waals surface area contributed by atoms with E-state index >= 15 is 0 Å². The summed E-state index contributed by atoms with van der Waals surface area (Å²) in [5.74, 6) is 0.702. The van der Waals surface area contributed by atoms with Gasteiger partial charge in [0.2, 0.25) is 0 Å². The quantitative estimate of drug-likeness (QED) is 0.463. The van der Waals surface area contributed by atoms with Crippen molar-refractivity contribution in [3.05, 3.63) is 18.0 Å². The molecule has 4 nitrogen and oxygen atoms in total. The number of thiazole rings is 1. The summed E-state index contributed by atoms with van der Waals surface area (Å²) in [6.45, 7) is 1.88. The number of nitrogens with one attached hydrogen (secondary N) is 2. The van der Waals surface area contributed by atoms with Crippen LogP contribution in [-0.4, -0.2) is 27.9 Å². The van der Waals surface area contributed by atoms with Gasteiger partial charge in [0.1, 0.15) is 11.4 Å². The number of hydrogen-bond donors (Lipinski definition) is 2. The van der Waals surface area contributed by atoms with Crippen LogP contribution in [-0.2, 0) is 0 Å². The number of nitrogens with zero attached hydrogens (tertiary/aromatic N) is 1. The Kier molecular flexibility index (Phi) is 6.03. The standard InChI is InChI=1S/C10H9ClF3N3OS2/c1-2-19-8-6(7(11)18)17-9(20-8)16-4-3-5(15)10(12,13)14/h3-4,15H,2H2,1H3,(H,16,17)/b4-3-,15-5?. The second-order valence-electron chi connectivity index (χ2n) is 3.25. The van der Waals surface area contributed by atoms with E-state index in [4.69, 9.17) is 17.0 Å². The molecular formula is C10H9ClF3N3OS2. The highest BCUT2D eigenvalue weighted by molar-refractivity contribution is 8.01. The second-order valence-corrected chi connectivity index (χ2v) is 6.13. The van der Waals surface area contributed by atoms with Crippen molar-refractivity contribution in [2.24, 2.45) is 0 Å². The number of alkyl halides is 3. The lowest BCUT2D eigenvalue weighted by Crippen LogP contribution is -2.19. The van der Waals surface area contributed by atoms with Gasteiger partial charge < -0.3 is 5.32 Å².